The van der Waals surface area contributed by atoms with E-state index in [1.807, 2.05) is 24.4 Å². The van der Waals surface area contributed by atoms with E-state index in [1.165, 1.54) is 0 Å². The summed E-state index contributed by atoms with van der Waals surface area (Å²) in [6.07, 6.45) is 5.81. The van der Waals surface area contributed by atoms with Crippen LogP contribution in [0.3, 0.4) is 0 Å². The molecule has 26 heavy (non-hydrogen) atoms. The molecule has 1 aromatic carbocycles. The van der Waals surface area contributed by atoms with Crippen molar-refractivity contribution in [1.82, 2.24) is 14.5 Å². The third-order valence-corrected chi connectivity index (χ3v) is 5.66. The van der Waals surface area contributed by atoms with Gasteiger partial charge in [0.25, 0.3) is 0 Å². The third kappa shape index (κ3) is 3.40. The molecule has 0 aliphatic carbocycles. The molecule has 1 unspecified atom stereocenters. The van der Waals surface area contributed by atoms with Crippen LogP contribution in [0.4, 0.5) is 0 Å². The van der Waals surface area contributed by atoms with Crippen LogP contribution in [0.5, 0.6) is 0 Å². The van der Waals surface area contributed by atoms with Gasteiger partial charge in [0.15, 0.2) is 0 Å². The Morgan fingerprint density at radius 1 is 1.15 bits per heavy atom. The first kappa shape index (κ1) is 17.3. The molecule has 2 aromatic rings. The predicted molar refractivity (Wildman–Crippen MR) is 101 cm³/mol. The fraction of sp³-hybridized carbons (Fsp3) is 0.524. The van der Waals surface area contributed by atoms with Crippen molar-refractivity contribution >= 4 is 5.91 Å². The van der Waals surface area contributed by atoms with E-state index < -0.39 is 0 Å². The average molecular weight is 353 g/mol. The molecule has 1 amide bonds. The van der Waals surface area contributed by atoms with Gasteiger partial charge in [-0.25, -0.2) is 4.98 Å². The summed E-state index contributed by atoms with van der Waals surface area (Å²) < 4.78 is 7.75. The van der Waals surface area contributed by atoms with Gasteiger partial charge in [0, 0.05) is 49.7 Å². The Bertz CT molecular complexity index is 750. The third-order valence-electron chi connectivity index (χ3n) is 5.66. The van der Waals surface area contributed by atoms with Crippen molar-refractivity contribution < 1.29 is 9.53 Å². The van der Waals surface area contributed by atoms with Crippen LogP contribution >= 0.6 is 0 Å². The normalized spacial score (nSPS) is 21.7. The number of hydrogen-bond donors (Lipinski definition) is 0. The molecule has 0 saturated carbocycles. The fourth-order valence-electron chi connectivity index (χ4n) is 4.28. The number of likely N-dealkylation sites (tertiary alicyclic amines) is 1. The second-order valence-corrected chi connectivity index (χ2v) is 7.43. The second kappa shape index (κ2) is 7.62. The number of ether oxygens (including phenoxy) is 1. The highest BCUT2D eigenvalue weighted by atomic mass is 16.5. The summed E-state index contributed by atoms with van der Waals surface area (Å²) in [7, 11) is 0. The van der Waals surface area contributed by atoms with Gasteiger partial charge in [-0.1, -0.05) is 30.3 Å². The van der Waals surface area contributed by atoms with Gasteiger partial charge >= 0.3 is 0 Å². The number of aryl methyl sites for hydroxylation is 1. The smallest absolute Gasteiger partial charge is 0.225 e. The van der Waals surface area contributed by atoms with Gasteiger partial charge in [0.1, 0.15) is 5.82 Å². The lowest BCUT2D eigenvalue weighted by molar-refractivity contribution is -0.140. The van der Waals surface area contributed by atoms with E-state index in [0.717, 1.165) is 55.9 Å². The Morgan fingerprint density at radius 2 is 1.92 bits per heavy atom. The van der Waals surface area contributed by atoms with Gasteiger partial charge in [0.2, 0.25) is 5.91 Å². The highest BCUT2D eigenvalue weighted by molar-refractivity contribution is 5.79. The maximum atomic E-state index is 13.0. The van der Waals surface area contributed by atoms with E-state index in [4.69, 9.17) is 4.74 Å². The molecule has 2 aliphatic heterocycles. The van der Waals surface area contributed by atoms with Gasteiger partial charge in [-0.05, 0) is 32.6 Å². The molecule has 1 atom stereocenters. The summed E-state index contributed by atoms with van der Waals surface area (Å²) in [5, 5.41) is 0. The van der Waals surface area contributed by atoms with Crippen molar-refractivity contribution in [3.05, 3.63) is 42.2 Å². The lowest BCUT2D eigenvalue weighted by atomic mass is 9.96. The summed E-state index contributed by atoms with van der Waals surface area (Å²) in [5.41, 5.74) is 2.29. The van der Waals surface area contributed by atoms with Crippen molar-refractivity contribution in [3.8, 4) is 11.4 Å². The number of carbonyl (C=O) groups is 1. The number of nitrogens with zero attached hydrogens (tertiary/aromatic N) is 3. The highest BCUT2D eigenvalue weighted by Gasteiger charge is 2.31. The Labute approximate surface area is 155 Å². The maximum Gasteiger partial charge on any atom is 0.225 e. The van der Waals surface area contributed by atoms with Gasteiger partial charge in [-0.15, -0.1) is 0 Å². The Balaban J connectivity index is 1.55. The Morgan fingerprint density at radius 3 is 2.69 bits per heavy atom. The number of imidazole rings is 1. The van der Waals surface area contributed by atoms with E-state index in [-0.39, 0.29) is 5.92 Å². The standard InChI is InChI=1S/C21H27N3O2/c1-16-14-22-20(17-6-3-2-4-7-17)24(16)19-8-5-11-23(15-19)21(25)18-9-12-26-13-10-18/h2-4,6-7,14,18-19H,5,8-13,15H2,1H3. The molecular weight excluding hydrogens is 326 g/mol. The summed E-state index contributed by atoms with van der Waals surface area (Å²) in [4.78, 5) is 19.7. The molecular formula is C21H27N3O2. The molecule has 0 radical (unpaired) electrons. The first-order chi connectivity index (χ1) is 12.7. The molecule has 2 saturated heterocycles. The van der Waals surface area contributed by atoms with E-state index in [9.17, 15) is 4.79 Å². The minimum atomic E-state index is 0.139. The van der Waals surface area contributed by atoms with Crippen LogP contribution in [0.25, 0.3) is 11.4 Å². The van der Waals surface area contributed by atoms with Gasteiger partial charge in [-0.2, -0.15) is 0 Å². The number of amides is 1. The van der Waals surface area contributed by atoms with E-state index in [0.29, 0.717) is 25.2 Å². The highest BCUT2D eigenvalue weighted by Crippen LogP contribution is 2.30. The molecule has 1 aromatic heterocycles. The van der Waals surface area contributed by atoms with Crippen LogP contribution in [0.1, 0.15) is 37.4 Å². The predicted octanol–water partition coefficient (Wildman–Crippen LogP) is 3.45. The van der Waals surface area contributed by atoms with Crippen LogP contribution in [0, 0.1) is 12.8 Å². The van der Waals surface area contributed by atoms with Gasteiger partial charge in [0.05, 0.1) is 6.04 Å². The zero-order valence-electron chi connectivity index (χ0n) is 15.4. The molecule has 3 heterocycles. The number of piperidine rings is 1. The number of benzene rings is 1. The molecule has 5 nitrogen and oxygen atoms in total. The van der Waals surface area contributed by atoms with Crippen molar-refractivity contribution in [1.29, 1.82) is 0 Å². The number of rotatable bonds is 3. The number of aromatic nitrogens is 2. The van der Waals surface area contributed by atoms with Crippen LogP contribution in [0.15, 0.2) is 36.5 Å². The van der Waals surface area contributed by atoms with Crippen molar-refractivity contribution in [2.24, 2.45) is 5.92 Å². The van der Waals surface area contributed by atoms with Gasteiger partial charge in [-0.3, -0.25) is 4.79 Å². The summed E-state index contributed by atoms with van der Waals surface area (Å²) in [6, 6.07) is 10.6. The molecule has 0 spiro atoms. The second-order valence-electron chi connectivity index (χ2n) is 7.43. The molecule has 0 N–H and O–H groups in total. The topological polar surface area (TPSA) is 47.4 Å². The average Bonchev–Trinajstić information content (AvgIpc) is 3.10. The monoisotopic (exact) mass is 353 g/mol. The SMILES string of the molecule is Cc1cnc(-c2ccccc2)n1C1CCCN(C(=O)C2CCOCC2)C1. The van der Waals surface area contributed by atoms with E-state index >= 15 is 0 Å². The summed E-state index contributed by atoms with van der Waals surface area (Å²) in [5.74, 6) is 1.46. The quantitative estimate of drug-likeness (QED) is 0.849. The molecule has 2 fully saturated rings. The van der Waals surface area contributed by atoms with Crippen molar-refractivity contribution in [3.63, 3.8) is 0 Å². The number of hydrogen-bond acceptors (Lipinski definition) is 3. The Kier molecular flexibility index (Phi) is 5.07. The van der Waals surface area contributed by atoms with Crippen LogP contribution < -0.4 is 0 Å². The summed E-state index contributed by atoms with van der Waals surface area (Å²) >= 11 is 0. The minimum Gasteiger partial charge on any atom is -0.381 e. The van der Waals surface area contributed by atoms with E-state index in [1.54, 1.807) is 0 Å². The lowest BCUT2D eigenvalue weighted by Crippen LogP contribution is -2.44. The number of carbonyl (C=O) groups excluding carboxylic acids is 1. The van der Waals surface area contributed by atoms with Crippen LogP contribution in [0.2, 0.25) is 0 Å². The van der Waals surface area contributed by atoms with Crippen molar-refractivity contribution in [2.45, 2.75) is 38.6 Å². The fourth-order valence-corrected chi connectivity index (χ4v) is 4.28. The molecule has 4 rings (SSSR count). The first-order valence-electron chi connectivity index (χ1n) is 9.70. The Hall–Kier alpha value is -2.14. The van der Waals surface area contributed by atoms with Crippen molar-refractivity contribution in [2.75, 3.05) is 26.3 Å². The largest absolute Gasteiger partial charge is 0.381 e. The van der Waals surface area contributed by atoms with E-state index in [2.05, 4.69) is 33.5 Å². The van der Waals surface area contributed by atoms with Crippen LogP contribution in [-0.2, 0) is 9.53 Å². The molecule has 2 aliphatic rings. The molecule has 0 bridgehead atoms. The maximum absolute atomic E-state index is 13.0. The zero-order chi connectivity index (χ0) is 17.9. The molecule has 5 heteroatoms. The first-order valence-corrected chi connectivity index (χ1v) is 9.70. The molecule has 138 valence electrons. The lowest BCUT2D eigenvalue weighted by Gasteiger charge is -2.37. The van der Waals surface area contributed by atoms with Crippen LogP contribution in [-0.4, -0.2) is 46.7 Å². The zero-order valence-corrected chi connectivity index (χ0v) is 15.4. The minimum absolute atomic E-state index is 0.139. The summed E-state index contributed by atoms with van der Waals surface area (Å²) in [6.45, 7) is 5.20. The van der Waals surface area contributed by atoms with Gasteiger partial charge < -0.3 is 14.2 Å².